The predicted octanol–water partition coefficient (Wildman–Crippen LogP) is 4.65. The van der Waals surface area contributed by atoms with E-state index in [1.807, 2.05) is 48.5 Å². The fraction of sp³-hybridized carbons (Fsp3) is 0.176. The molecule has 110 valence electrons. The maximum absolute atomic E-state index is 5.87. The molecule has 0 atom stereocenters. The van der Waals surface area contributed by atoms with Gasteiger partial charge in [0.2, 0.25) is 0 Å². The number of methoxy groups -OCH3 is 2. The van der Waals surface area contributed by atoms with E-state index in [2.05, 4.69) is 15.9 Å². The molecule has 0 aliphatic carbocycles. The second-order valence-corrected chi connectivity index (χ2v) is 5.19. The molecule has 0 spiro atoms. The van der Waals surface area contributed by atoms with Gasteiger partial charge in [-0.2, -0.15) is 0 Å². The second kappa shape index (κ2) is 7.74. The van der Waals surface area contributed by atoms with Crippen LogP contribution in [0.3, 0.4) is 0 Å². The lowest BCUT2D eigenvalue weighted by atomic mass is 10.2. The molecule has 0 saturated carbocycles. The number of hydrogen-bond acceptors (Lipinski definition) is 3. The molecule has 0 amide bonds. The van der Waals surface area contributed by atoms with E-state index < -0.39 is 0 Å². The van der Waals surface area contributed by atoms with Crippen LogP contribution in [-0.2, 0) is 11.3 Å². The van der Waals surface area contributed by atoms with Crippen molar-refractivity contribution in [1.29, 1.82) is 0 Å². The molecule has 2 aromatic carbocycles. The van der Waals surface area contributed by atoms with Crippen LogP contribution in [0.15, 0.2) is 53.2 Å². The molecule has 21 heavy (non-hydrogen) atoms. The predicted molar refractivity (Wildman–Crippen MR) is 87.5 cm³/mol. The van der Waals surface area contributed by atoms with Gasteiger partial charge in [0.05, 0.1) is 20.5 Å². The standard InChI is InChI=1S/C17H17BrO3/c1-19-9-8-14-10-17(16(20-2)11-15(14)18)21-12-13-6-4-3-5-7-13/h3-11H,12H2,1-2H3/b9-8+. The van der Waals surface area contributed by atoms with Gasteiger partial charge in [-0.15, -0.1) is 0 Å². The third-order valence-corrected chi connectivity index (χ3v) is 3.59. The van der Waals surface area contributed by atoms with Gasteiger partial charge < -0.3 is 14.2 Å². The van der Waals surface area contributed by atoms with Gasteiger partial charge in [0.25, 0.3) is 0 Å². The van der Waals surface area contributed by atoms with Crippen LogP contribution < -0.4 is 9.47 Å². The van der Waals surface area contributed by atoms with E-state index in [9.17, 15) is 0 Å². The Hall–Kier alpha value is -1.94. The normalized spacial score (nSPS) is 10.6. The molecule has 0 fully saturated rings. The van der Waals surface area contributed by atoms with Crippen LogP contribution in [0.25, 0.3) is 6.08 Å². The van der Waals surface area contributed by atoms with Gasteiger partial charge in [-0.1, -0.05) is 46.3 Å². The van der Waals surface area contributed by atoms with E-state index in [0.29, 0.717) is 18.1 Å². The highest BCUT2D eigenvalue weighted by Gasteiger charge is 2.09. The minimum absolute atomic E-state index is 0.492. The number of hydrogen-bond donors (Lipinski definition) is 0. The third kappa shape index (κ3) is 4.26. The molecule has 0 bridgehead atoms. The first-order valence-corrected chi connectivity index (χ1v) is 7.27. The summed E-state index contributed by atoms with van der Waals surface area (Å²) in [7, 11) is 3.24. The van der Waals surface area contributed by atoms with E-state index in [0.717, 1.165) is 15.6 Å². The summed E-state index contributed by atoms with van der Waals surface area (Å²) < 4.78 is 17.1. The van der Waals surface area contributed by atoms with Crippen molar-refractivity contribution in [1.82, 2.24) is 0 Å². The zero-order valence-electron chi connectivity index (χ0n) is 12.0. The Balaban J connectivity index is 2.22. The van der Waals surface area contributed by atoms with Gasteiger partial charge in [0, 0.05) is 4.47 Å². The van der Waals surface area contributed by atoms with Crippen LogP contribution in [0.5, 0.6) is 11.5 Å². The third-order valence-electron chi connectivity index (χ3n) is 2.90. The van der Waals surface area contributed by atoms with Gasteiger partial charge in [-0.25, -0.2) is 0 Å². The van der Waals surface area contributed by atoms with Crippen molar-refractivity contribution in [2.75, 3.05) is 14.2 Å². The zero-order valence-corrected chi connectivity index (χ0v) is 13.6. The number of halogens is 1. The lowest BCUT2D eigenvalue weighted by Gasteiger charge is -2.13. The maximum atomic E-state index is 5.87. The highest BCUT2D eigenvalue weighted by atomic mass is 79.9. The smallest absolute Gasteiger partial charge is 0.162 e. The average Bonchev–Trinajstić information content (AvgIpc) is 2.53. The van der Waals surface area contributed by atoms with Crippen molar-refractivity contribution < 1.29 is 14.2 Å². The summed E-state index contributed by atoms with van der Waals surface area (Å²) in [6.07, 6.45) is 3.48. The monoisotopic (exact) mass is 348 g/mol. The summed E-state index contributed by atoms with van der Waals surface area (Å²) in [5.74, 6) is 1.38. The molecule has 4 heteroatoms. The van der Waals surface area contributed by atoms with Crippen molar-refractivity contribution >= 4 is 22.0 Å². The van der Waals surface area contributed by atoms with Crippen molar-refractivity contribution in [2.45, 2.75) is 6.61 Å². The molecule has 0 unspecified atom stereocenters. The summed E-state index contributed by atoms with van der Waals surface area (Å²) >= 11 is 3.51. The SMILES string of the molecule is CO/C=C/c1cc(OCc2ccccc2)c(OC)cc1Br. The summed E-state index contributed by atoms with van der Waals surface area (Å²) in [6, 6.07) is 13.8. The molecule has 0 aliphatic heterocycles. The molecule has 0 aromatic heterocycles. The van der Waals surface area contributed by atoms with Crippen LogP contribution in [-0.4, -0.2) is 14.2 Å². The van der Waals surface area contributed by atoms with Crippen LogP contribution in [0.4, 0.5) is 0 Å². The van der Waals surface area contributed by atoms with Gasteiger partial charge >= 0.3 is 0 Å². The van der Waals surface area contributed by atoms with Crippen LogP contribution in [0, 0.1) is 0 Å². The van der Waals surface area contributed by atoms with Gasteiger partial charge in [0.1, 0.15) is 6.61 Å². The Morgan fingerprint density at radius 1 is 1.05 bits per heavy atom. The molecule has 2 aromatic rings. The van der Waals surface area contributed by atoms with Gasteiger partial charge in [-0.05, 0) is 29.3 Å². The van der Waals surface area contributed by atoms with Crippen LogP contribution in [0.1, 0.15) is 11.1 Å². The largest absolute Gasteiger partial charge is 0.504 e. The first-order chi connectivity index (χ1) is 10.2. The Labute approximate surface area is 133 Å². The van der Waals surface area contributed by atoms with E-state index in [-0.39, 0.29) is 0 Å². The molecular formula is C17H17BrO3. The lowest BCUT2D eigenvalue weighted by molar-refractivity contribution is 0.284. The highest BCUT2D eigenvalue weighted by molar-refractivity contribution is 9.10. The highest BCUT2D eigenvalue weighted by Crippen LogP contribution is 2.34. The first-order valence-electron chi connectivity index (χ1n) is 6.48. The molecule has 0 radical (unpaired) electrons. The topological polar surface area (TPSA) is 27.7 Å². The summed E-state index contributed by atoms with van der Waals surface area (Å²) in [5, 5.41) is 0. The van der Waals surface area contributed by atoms with Crippen molar-refractivity contribution in [3.8, 4) is 11.5 Å². The number of benzene rings is 2. The Kier molecular flexibility index (Phi) is 5.69. The minimum Gasteiger partial charge on any atom is -0.504 e. The van der Waals surface area contributed by atoms with Crippen molar-refractivity contribution in [3.63, 3.8) is 0 Å². The summed E-state index contributed by atoms with van der Waals surface area (Å²) in [4.78, 5) is 0. The summed E-state index contributed by atoms with van der Waals surface area (Å²) in [6.45, 7) is 0.492. The zero-order chi connectivity index (χ0) is 15.1. The first kappa shape index (κ1) is 15.4. The fourth-order valence-corrected chi connectivity index (χ4v) is 2.28. The van der Waals surface area contributed by atoms with Crippen LogP contribution in [0.2, 0.25) is 0 Å². The molecule has 0 heterocycles. The minimum atomic E-state index is 0.492. The summed E-state index contributed by atoms with van der Waals surface area (Å²) in [5.41, 5.74) is 2.07. The Morgan fingerprint density at radius 3 is 2.48 bits per heavy atom. The lowest BCUT2D eigenvalue weighted by Crippen LogP contribution is -1.98. The van der Waals surface area contributed by atoms with E-state index in [1.54, 1.807) is 20.5 Å². The maximum Gasteiger partial charge on any atom is 0.162 e. The quantitative estimate of drug-likeness (QED) is 0.711. The molecule has 0 aliphatic rings. The average molecular weight is 349 g/mol. The molecule has 3 nitrogen and oxygen atoms in total. The number of rotatable bonds is 6. The van der Waals surface area contributed by atoms with E-state index in [4.69, 9.17) is 14.2 Å². The van der Waals surface area contributed by atoms with Crippen LogP contribution >= 0.6 is 15.9 Å². The van der Waals surface area contributed by atoms with Gasteiger partial charge in [0.15, 0.2) is 11.5 Å². The van der Waals surface area contributed by atoms with Crippen molar-refractivity contribution in [3.05, 3.63) is 64.3 Å². The number of ether oxygens (including phenoxy) is 3. The Morgan fingerprint density at radius 2 is 1.81 bits per heavy atom. The second-order valence-electron chi connectivity index (χ2n) is 4.34. The van der Waals surface area contributed by atoms with Crippen molar-refractivity contribution in [2.24, 2.45) is 0 Å². The fourth-order valence-electron chi connectivity index (χ4n) is 1.83. The Bertz CT molecular complexity index is 609. The molecular weight excluding hydrogens is 332 g/mol. The molecule has 0 saturated heterocycles. The van der Waals surface area contributed by atoms with Gasteiger partial charge in [-0.3, -0.25) is 0 Å². The molecule has 0 N–H and O–H groups in total. The van der Waals surface area contributed by atoms with E-state index in [1.165, 1.54) is 0 Å². The van der Waals surface area contributed by atoms with E-state index >= 15 is 0 Å². The molecule has 2 rings (SSSR count).